The lowest BCUT2D eigenvalue weighted by Crippen LogP contribution is -2.23. The van der Waals surface area contributed by atoms with Crippen LogP contribution in [0.4, 0.5) is 0 Å². The minimum atomic E-state index is 0. The number of halogens is 1. The number of hydrogen-bond donors (Lipinski definition) is 1. The molecule has 0 fully saturated rings. The molecule has 0 aliphatic rings. The van der Waals surface area contributed by atoms with Gasteiger partial charge < -0.3 is 10.1 Å². The van der Waals surface area contributed by atoms with E-state index in [9.17, 15) is 0 Å². The summed E-state index contributed by atoms with van der Waals surface area (Å²) in [6, 6.07) is 0. The van der Waals surface area contributed by atoms with Gasteiger partial charge >= 0.3 is 0 Å². The zero-order valence-electron chi connectivity index (χ0n) is 9.10. The Labute approximate surface area is 92.1 Å². The third-order valence-electron chi connectivity index (χ3n) is 1.67. The molecule has 0 spiro atoms. The molecule has 0 saturated carbocycles. The van der Waals surface area contributed by atoms with E-state index in [1.807, 2.05) is 19.0 Å². The minimum Gasteiger partial charge on any atom is -0.411 e. The van der Waals surface area contributed by atoms with Crippen LogP contribution in [-0.4, -0.2) is 42.8 Å². The quantitative estimate of drug-likeness (QED) is 0.254. The van der Waals surface area contributed by atoms with Crippen LogP contribution < -0.4 is 0 Å². The molecule has 0 aromatic rings. The highest BCUT2D eigenvalue weighted by Crippen LogP contribution is 1.94. The second kappa shape index (κ2) is 10.3. The molecule has 0 aliphatic heterocycles. The Bertz CT molecular complexity index is 181. The third kappa shape index (κ3) is 7.86. The van der Waals surface area contributed by atoms with Crippen molar-refractivity contribution >= 4 is 24.5 Å². The maximum atomic E-state index is 8.35. The van der Waals surface area contributed by atoms with Gasteiger partial charge in [0.2, 0.25) is 0 Å². The van der Waals surface area contributed by atoms with Crippen LogP contribution in [-0.2, 0) is 0 Å². The average molecular weight is 222 g/mol. The molecule has 0 amide bonds. The lowest BCUT2D eigenvalue weighted by atomic mass is 10.2. The second-order valence-corrected chi connectivity index (χ2v) is 3.09. The van der Waals surface area contributed by atoms with E-state index in [1.165, 1.54) is 19.1 Å². The SMILES string of the molecule is CCCCC/N=C(\C=N\O)N(C)C.Cl. The Hall–Kier alpha value is -0.770. The number of unbranched alkanes of at least 4 members (excludes halogenated alkanes) is 2. The molecule has 0 unspecified atom stereocenters. The zero-order chi connectivity index (χ0) is 10.1. The summed E-state index contributed by atoms with van der Waals surface area (Å²) in [6.45, 7) is 2.96. The van der Waals surface area contributed by atoms with Crippen LogP contribution in [0.5, 0.6) is 0 Å². The summed E-state index contributed by atoms with van der Waals surface area (Å²) in [5.74, 6) is 0.707. The largest absolute Gasteiger partial charge is 0.411 e. The van der Waals surface area contributed by atoms with Crippen LogP contribution in [0.25, 0.3) is 0 Å². The monoisotopic (exact) mass is 221 g/mol. The lowest BCUT2D eigenvalue weighted by Gasteiger charge is -2.10. The summed E-state index contributed by atoms with van der Waals surface area (Å²) >= 11 is 0. The fourth-order valence-corrected chi connectivity index (χ4v) is 0.905. The minimum absolute atomic E-state index is 0. The summed E-state index contributed by atoms with van der Waals surface area (Å²) in [4.78, 5) is 6.11. The number of aliphatic imine (C=N–C) groups is 1. The molecule has 0 rings (SSSR count). The van der Waals surface area contributed by atoms with Crippen molar-refractivity contribution in [1.29, 1.82) is 0 Å². The molecule has 0 atom stereocenters. The van der Waals surface area contributed by atoms with Crippen molar-refractivity contribution in [2.45, 2.75) is 26.2 Å². The van der Waals surface area contributed by atoms with Crippen LogP contribution in [0.1, 0.15) is 26.2 Å². The number of hydrogen-bond acceptors (Lipinski definition) is 3. The van der Waals surface area contributed by atoms with Gasteiger partial charge in [-0.15, -0.1) is 12.4 Å². The van der Waals surface area contributed by atoms with Gasteiger partial charge in [0.25, 0.3) is 0 Å². The van der Waals surface area contributed by atoms with Crippen molar-refractivity contribution in [3.8, 4) is 0 Å². The third-order valence-corrected chi connectivity index (χ3v) is 1.67. The molecule has 0 aromatic heterocycles. The average Bonchev–Trinajstić information content (AvgIpc) is 2.10. The van der Waals surface area contributed by atoms with Gasteiger partial charge in [0.1, 0.15) is 12.1 Å². The molecule has 0 radical (unpaired) electrons. The number of rotatable bonds is 5. The standard InChI is InChI=1S/C9H19N3O.ClH/c1-4-5-6-7-10-9(8-11-13)12(2)3;/h8,13H,4-7H2,1-3H3;1H/b10-9+,11-8+;. The Kier molecular flexibility index (Phi) is 11.6. The van der Waals surface area contributed by atoms with E-state index >= 15 is 0 Å². The fourth-order valence-electron chi connectivity index (χ4n) is 0.905. The summed E-state index contributed by atoms with van der Waals surface area (Å²) in [7, 11) is 3.75. The van der Waals surface area contributed by atoms with Crippen molar-refractivity contribution in [2.75, 3.05) is 20.6 Å². The van der Waals surface area contributed by atoms with E-state index in [0.717, 1.165) is 13.0 Å². The van der Waals surface area contributed by atoms with Crippen molar-refractivity contribution in [1.82, 2.24) is 4.90 Å². The van der Waals surface area contributed by atoms with E-state index in [1.54, 1.807) is 0 Å². The van der Waals surface area contributed by atoms with E-state index in [0.29, 0.717) is 5.84 Å². The molecular formula is C9H20ClN3O. The van der Waals surface area contributed by atoms with Crippen molar-refractivity contribution in [3.63, 3.8) is 0 Å². The highest BCUT2D eigenvalue weighted by Gasteiger charge is 1.96. The second-order valence-electron chi connectivity index (χ2n) is 3.09. The molecule has 0 saturated heterocycles. The Morgan fingerprint density at radius 2 is 2.00 bits per heavy atom. The van der Waals surface area contributed by atoms with Gasteiger partial charge in [-0.3, -0.25) is 4.99 Å². The van der Waals surface area contributed by atoms with Gasteiger partial charge in [-0.05, 0) is 6.42 Å². The number of nitrogens with zero attached hydrogens (tertiary/aromatic N) is 3. The van der Waals surface area contributed by atoms with E-state index < -0.39 is 0 Å². The van der Waals surface area contributed by atoms with Crippen LogP contribution in [0.2, 0.25) is 0 Å². The van der Waals surface area contributed by atoms with E-state index in [2.05, 4.69) is 17.1 Å². The maximum Gasteiger partial charge on any atom is 0.145 e. The summed E-state index contributed by atoms with van der Waals surface area (Å²) < 4.78 is 0. The Morgan fingerprint density at radius 3 is 2.43 bits per heavy atom. The molecule has 5 heteroatoms. The molecular weight excluding hydrogens is 202 g/mol. The normalized spacial score (nSPS) is 11.5. The van der Waals surface area contributed by atoms with Crippen molar-refractivity contribution in [3.05, 3.63) is 0 Å². The van der Waals surface area contributed by atoms with Crippen LogP contribution in [0.15, 0.2) is 10.1 Å². The first-order valence-electron chi connectivity index (χ1n) is 4.61. The van der Waals surface area contributed by atoms with Gasteiger partial charge in [-0.1, -0.05) is 24.9 Å². The molecule has 0 aliphatic carbocycles. The summed E-state index contributed by atoms with van der Waals surface area (Å²) in [5, 5.41) is 11.3. The number of amidine groups is 1. The molecule has 0 aromatic carbocycles. The van der Waals surface area contributed by atoms with Crippen LogP contribution >= 0.6 is 12.4 Å². The van der Waals surface area contributed by atoms with E-state index in [-0.39, 0.29) is 12.4 Å². The van der Waals surface area contributed by atoms with Crippen LogP contribution in [0.3, 0.4) is 0 Å². The smallest absolute Gasteiger partial charge is 0.145 e. The lowest BCUT2D eigenvalue weighted by molar-refractivity contribution is 0.322. The van der Waals surface area contributed by atoms with E-state index in [4.69, 9.17) is 5.21 Å². The molecule has 4 nitrogen and oxygen atoms in total. The summed E-state index contributed by atoms with van der Waals surface area (Å²) in [5.41, 5.74) is 0. The predicted octanol–water partition coefficient (Wildman–Crippen LogP) is 2.02. The predicted molar refractivity (Wildman–Crippen MR) is 63.0 cm³/mol. The molecule has 0 bridgehead atoms. The van der Waals surface area contributed by atoms with Gasteiger partial charge in [0.15, 0.2) is 0 Å². The molecule has 0 heterocycles. The summed E-state index contributed by atoms with van der Waals surface area (Å²) in [6.07, 6.45) is 4.83. The molecule has 84 valence electrons. The van der Waals surface area contributed by atoms with Gasteiger partial charge in [-0.2, -0.15) is 0 Å². The Morgan fingerprint density at radius 1 is 1.36 bits per heavy atom. The van der Waals surface area contributed by atoms with Crippen molar-refractivity contribution in [2.24, 2.45) is 10.1 Å². The first-order chi connectivity index (χ1) is 6.22. The fraction of sp³-hybridized carbons (Fsp3) is 0.778. The first-order valence-corrected chi connectivity index (χ1v) is 4.61. The topological polar surface area (TPSA) is 48.2 Å². The van der Waals surface area contributed by atoms with Gasteiger partial charge in [-0.25, -0.2) is 0 Å². The molecule has 1 N–H and O–H groups in total. The van der Waals surface area contributed by atoms with Crippen molar-refractivity contribution < 1.29 is 5.21 Å². The van der Waals surface area contributed by atoms with Gasteiger partial charge in [0.05, 0.1) is 0 Å². The zero-order valence-corrected chi connectivity index (χ0v) is 9.92. The highest BCUT2D eigenvalue weighted by molar-refractivity contribution is 6.28. The number of oxime groups is 1. The first kappa shape index (κ1) is 15.7. The molecule has 14 heavy (non-hydrogen) atoms. The Balaban J connectivity index is 0. The maximum absolute atomic E-state index is 8.35. The highest BCUT2D eigenvalue weighted by atomic mass is 35.5. The van der Waals surface area contributed by atoms with Crippen LogP contribution in [0, 0.1) is 0 Å². The van der Waals surface area contributed by atoms with Gasteiger partial charge in [0, 0.05) is 20.6 Å².